The number of rotatable bonds is 5. The lowest BCUT2D eigenvalue weighted by molar-refractivity contribution is 0.0672. The first-order valence-electron chi connectivity index (χ1n) is 7.96. The van der Waals surface area contributed by atoms with Gasteiger partial charge in [-0.3, -0.25) is 19.3 Å². The minimum atomic E-state index is -0.395. The Labute approximate surface area is 146 Å². The average molecular weight is 334 g/mol. The third-order valence-corrected chi connectivity index (χ3v) is 4.12. The second-order valence-electron chi connectivity index (χ2n) is 5.94. The third kappa shape index (κ3) is 3.21. The van der Waals surface area contributed by atoms with Crippen molar-refractivity contribution in [2.45, 2.75) is 13.5 Å². The summed E-state index contributed by atoms with van der Waals surface area (Å²) in [5.74, 6) is -1.04. The third-order valence-electron chi connectivity index (χ3n) is 4.12. The smallest absolute Gasteiger partial charge is 0.261 e. The predicted molar refractivity (Wildman–Crippen MR) is 94.4 cm³/mol. The molecular formula is C20H18N2O3. The zero-order valence-electron chi connectivity index (χ0n) is 13.9. The van der Waals surface area contributed by atoms with Gasteiger partial charge in [0.2, 0.25) is 0 Å². The first kappa shape index (κ1) is 16.6. The molecule has 5 heteroatoms. The topological polar surface area (TPSA) is 66.5 Å². The van der Waals surface area contributed by atoms with Crippen LogP contribution in [0.25, 0.3) is 0 Å². The number of hydrogen-bond donors (Lipinski definition) is 1. The van der Waals surface area contributed by atoms with Crippen LogP contribution in [0.15, 0.2) is 55.1 Å². The lowest BCUT2D eigenvalue weighted by atomic mass is 10.1. The number of hydrogen-bond acceptors (Lipinski definition) is 3. The number of imide groups is 1. The molecule has 0 aliphatic carbocycles. The van der Waals surface area contributed by atoms with E-state index in [2.05, 4.69) is 11.9 Å². The minimum absolute atomic E-state index is 0.154. The van der Waals surface area contributed by atoms with Gasteiger partial charge in [-0.05, 0) is 30.7 Å². The Bertz CT molecular complexity index is 869. The largest absolute Gasteiger partial charge is 0.348 e. The fourth-order valence-electron chi connectivity index (χ4n) is 2.72. The van der Waals surface area contributed by atoms with Crippen molar-refractivity contribution in [1.29, 1.82) is 0 Å². The lowest BCUT2D eigenvalue weighted by Crippen LogP contribution is -2.29. The Hall–Kier alpha value is -3.21. The summed E-state index contributed by atoms with van der Waals surface area (Å²) in [7, 11) is 0. The Balaban J connectivity index is 1.75. The molecule has 1 aliphatic heterocycles. The summed E-state index contributed by atoms with van der Waals surface area (Å²) in [6, 6.07) is 12.4. The van der Waals surface area contributed by atoms with Crippen molar-refractivity contribution >= 4 is 17.7 Å². The fourth-order valence-corrected chi connectivity index (χ4v) is 2.72. The predicted octanol–water partition coefficient (Wildman–Crippen LogP) is 2.71. The number of benzene rings is 2. The first-order chi connectivity index (χ1) is 12.0. The van der Waals surface area contributed by atoms with E-state index in [4.69, 9.17) is 0 Å². The van der Waals surface area contributed by atoms with Crippen molar-refractivity contribution in [2.75, 3.05) is 6.54 Å². The van der Waals surface area contributed by atoms with Crippen LogP contribution in [-0.2, 0) is 6.54 Å². The standard InChI is InChI=1S/C20H18N2O3/c1-3-10-22-19(24)16-9-8-15(11-17(16)20(22)25)18(23)21-12-14-6-4-13(2)5-7-14/h3-9,11H,1,10,12H2,2H3,(H,21,23). The average Bonchev–Trinajstić information content (AvgIpc) is 2.86. The highest BCUT2D eigenvalue weighted by Gasteiger charge is 2.35. The summed E-state index contributed by atoms with van der Waals surface area (Å²) in [6.07, 6.45) is 1.50. The van der Waals surface area contributed by atoms with Crippen LogP contribution in [0.5, 0.6) is 0 Å². The van der Waals surface area contributed by atoms with Crippen molar-refractivity contribution < 1.29 is 14.4 Å². The van der Waals surface area contributed by atoms with Gasteiger partial charge in [0.1, 0.15) is 0 Å². The molecule has 0 atom stereocenters. The van der Waals surface area contributed by atoms with Crippen LogP contribution in [0.3, 0.4) is 0 Å². The summed E-state index contributed by atoms with van der Waals surface area (Å²) in [4.78, 5) is 37.9. The molecule has 2 aromatic carbocycles. The van der Waals surface area contributed by atoms with Crippen LogP contribution in [0.4, 0.5) is 0 Å². The summed E-state index contributed by atoms with van der Waals surface area (Å²) < 4.78 is 0. The van der Waals surface area contributed by atoms with Gasteiger partial charge in [0.15, 0.2) is 0 Å². The van der Waals surface area contributed by atoms with Crippen molar-refractivity contribution in [2.24, 2.45) is 0 Å². The number of fused-ring (bicyclic) bond motifs is 1. The Morgan fingerprint density at radius 3 is 2.44 bits per heavy atom. The second kappa shape index (κ2) is 6.73. The highest BCUT2D eigenvalue weighted by Crippen LogP contribution is 2.24. The van der Waals surface area contributed by atoms with Gasteiger partial charge >= 0.3 is 0 Å². The van der Waals surface area contributed by atoms with Gasteiger partial charge in [-0.25, -0.2) is 0 Å². The summed E-state index contributed by atoms with van der Waals surface area (Å²) in [5.41, 5.74) is 3.08. The van der Waals surface area contributed by atoms with Gasteiger partial charge in [0.05, 0.1) is 11.1 Å². The molecule has 0 fully saturated rings. The van der Waals surface area contributed by atoms with E-state index in [9.17, 15) is 14.4 Å². The van der Waals surface area contributed by atoms with E-state index in [0.717, 1.165) is 16.0 Å². The zero-order valence-corrected chi connectivity index (χ0v) is 13.9. The molecule has 1 heterocycles. The molecule has 2 aromatic rings. The maximum atomic E-state index is 12.3. The molecule has 1 aliphatic rings. The Kier molecular flexibility index (Phi) is 4.48. The normalized spacial score (nSPS) is 12.9. The van der Waals surface area contributed by atoms with Crippen LogP contribution in [0, 0.1) is 6.92 Å². The quantitative estimate of drug-likeness (QED) is 0.675. The van der Waals surface area contributed by atoms with Gasteiger partial charge in [0.25, 0.3) is 17.7 Å². The van der Waals surface area contributed by atoms with Crippen LogP contribution < -0.4 is 5.32 Å². The van der Waals surface area contributed by atoms with Gasteiger partial charge < -0.3 is 5.32 Å². The molecule has 3 rings (SSSR count). The molecule has 0 radical (unpaired) electrons. The molecule has 0 saturated carbocycles. The highest BCUT2D eigenvalue weighted by atomic mass is 16.2. The van der Waals surface area contributed by atoms with Crippen molar-refractivity contribution in [3.8, 4) is 0 Å². The van der Waals surface area contributed by atoms with Gasteiger partial charge in [-0.15, -0.1) is 6.58 Å². The number of nitrogens with zero attached hydrogens (tertiary/aromatic N) is 1. The molecule has 0 unspecified atom stereocenters. The van der Waals surface area contributed by atoms with E-state index in [1.165, 1.54) is 18.2 Å². The van der Waals surface area contributed by atoms with E-state index in [1.807, 2.05) is 31.2 Å². The Morgan fingerprint density at radius 2 is 1.76 bits per heavy atom. The SMILES string of the molecule is C=CCN1C(=O)c2ccc(C(=O)NCc3ccc(C)cc3)cc2C1=O. The molecule has 0 saturated heterocycles. The van der Waals surface area contributed by atoms with E-state index < -0.39 is 5.91 Å². The molecule has 126 valence electrons. The molecule has 0 bridgehead atoms. The van der Waals surface area contributed by atoms with Crippen molar-refractivity contribution in [3.05, 3.63) is 82.9 Å². The summed E-state index contributed by atoms with van der Waals surface area (Å²) in [6.45, 7) is 6.10. The summed E-state index contributed by atoms with van der Waals surface area (Å²) >= 11 is 0. The van der Waals surface area contributed by atoms with E-state index in [-0.39, 0.29) is 23.9 Å². The lowest BCUT2D eigenvalue weighted by Gasteiger charge is -2.09. The van der Waals surface area contributed by atoms with Crippen molar-refractivity contribution in [1.82, 2.24) is 10.2 Å². The maximum Gasteiger partial charge on any atom is 0.261 e. The van der Waals surface area contributed by atoms with E-state index in [0.29, 0.717) is 17.7 Å². The highest BCUT2D eigenvalue weighted by molar-refractivity contribution is 6.22. The van der Waals surface area contributed by atoms with Crippen molar-refractivity contribution in [3.63, 3.8) is 0 Å². The number of amides is 3. The molecule has 0 spiro atoms. The first-order valence-corrected chi connectivity index (χ1v) is 7.96. The molecule has 3 amide bonds. The fraction of sp³-hybridized carbons (Fsp3) is 0.150. The van der Waals surface area contributed by atoms with Gasteiger partial charge in [-0.1, -0.05) is 35.9 Å². The van der Waals surface area contributed by atoms with Crippen LogP contribution in [-0.4, -0.2) is 29.2 Å². The Morgan fingerprint density at radius 1 is 1.08 bits per heavy atom. The minimum Gasteiger partial charge on any atom is -0.348 e. The van der Waals surface area contributed by atoms with Crippen LogP contribution in [0.1, 0.15) is 42.2 Å². The van der Waals surface area contributed by atoms with Crippen LogP contribution >= 0.6 is 0 Å². The molecule has 0 aromatic heterocycles. The van der Waals surface area contributed by atoms with Gasteiger partial charge in [-0.2, -0.15) is 0 Å². The van der Waals surface area contributed by atoms with Crippen LogP contribution in [0.2, 0.25) is 0 Å². The number of aryl methyl sites for hydroxylation is 1. The number of carbonyl (C=O) groups excluding carboxylic acids is 3. The monoisotopic (exact) mass is 334 g/mol. The zero-order chi connectivity index (χ0) is 18.0. The second-order valence-corrected chi connectivity index (χ2v) is 5.94. The number of nitrogens with one attached hydrogen (secondary N) is 1. The summed E-state index contributed by atoms with van der Waals surface area (Å²) in [5, 5.41) is 2.82. The molecule has 25 heavy (non-hydrogen) atoms. The molecule has 5 nitrogen and oxygen atoms in total. The molecule has 1 N–H and O–H groups in total. The van der Waals surface area contributed by atoms with Gasteiger partial charge in [0, 0.05) is 18.7 Å². The number of carbonyl (C=O) groups is 3. The van der Waals surface area contributed by atoms with E-state index >= 15 is 0 Å². The maximum absolute atomic E-state index is 12.3. The van der Waals surface area contributed by atoms with E-state index in [1.54, 1.807) is 6.07 Å². The molecular weight excluding hydrogens is 316 g/mol.